The van der Waals surface area contributed by atoms with E-state index in [-0.39, 0.29) is 19.7 Å². The molecule has 1 aromatic heterocycles. The molecule has 90 valence electrons. The van der Waals surface area contributed by atoms with Gasteiger partial charge in [-0.05, 0) is 0 Å². The molecule has 16 heavy (non-hydrogen) atoms. The first kappa shape index (κ1) is 12.5. The summed E-state index contributed by atoms with van der Waals surface area (Å²) in [5.41, 5.74) is 0. The summed E-state index contributed by atoms with van der Waals surface area (Å²) < 4.78 is 25.5. The van der Waals surface area contributed by atoms with E-state index in [1.807, 2.05) is 0 Å². The van der Waals surface area contributed by atoms with Crippen molar-refractivity contribution in [3.63, 3.8) is 0 Å². The fourth-order valence-electron chi connectivity index (χ4n) is 1.16. The highest BCUT2D eigenvalue weighted by atomic mass is 19.3. The minimum atomic E-state index is -2.62. The summed E-state index contributed by atoms with van der Waals surface area (Å²) in [6.45, 7) is -1.31. The first-order chi connectivity index (χ1) is 7.63. The highest BCUT2D eigenvalue weighted by molar-refractivity contribution is 5.75. The number of amides is 1. The number of rotatable bonds is 6. The van der Waals surface area contributed by atoms with E-state index < -0.39 is 18.9 Å². The Hall–Kier alpha value is -1.57. The van der Waals surface area contributed by atoms with Crippen molar-refractivity contribution < 1.29 is 18.7 Å². The van der Waals surface area contributed by atoms with E-state index in [0.29, 0.717) is 0 Å². The second kappa shape index (κ2) is 6.11. The summed E-state index contributed by atoms with van der Waals surface area (Å²) in [6.07, 6.45) is -0.0556. The van der Waals surface area contributed by atoms with Gasteiger partial charge >= 0.3 is 0 Å². The zero-order valence-corrected chi connectivity index (χ0v) is 8.46. The van der Waals surface area contributed by atoms with Crippen LogP contribution in [-0.2, 0) is 11.3 Å². The molecule has 0 atom stereocenters. The van der Waals surface area contributed by atoms with Crippen LogP contribution in [0.15, 0.2) is 12.7 Å². The van der Waals surface area contributed by atoms with Crippen LogP contribution in [0.25, 0.3) is 0 Å². The van der Waals surface area contributed by atoms with Crippen LogP contribution in [-0.4, -0.2) is 56.8 Å². The number of nitrogens with zero attached hydrogens (tertiary/aromatic N) is 4. The van der Waals surface area contributed by atoms with Crippen LogP contribution in [0, 0.1) is 0 Å². The molecule has 0 radical (unpaired) electrons. The van der Waals surface area contributed by atoms with Crippen LogP contribution < -0.4 is 0 Å². The molecule has 6 nitrogen and oxygen atoms in total. The summed E-state index contributed by atoms with van der Waals surface area (Å²) in [6, 6.07) is 0. The average Bonchev–Trinajstić information content (AvgIpc) is 2.69. The third-order valence-electron chi connectivity index (χ3n) is 1.84. The van der Waals surface area contributed by atoms with Crippen LogP contribution in [0.4, 0.5) is 8.78 Å². The van der Waals surface area contributed by atoms with Crippen LogP contribution in [0.1, 0.15) is 0 Å². The monoisotopic (exact) mass is 234 g/mol. The van der Waals surface area contributed by atoms with Crippen LogP contribution in [0.2, 0.25) is 0 Å². The van der Waals surface area contributed by atoms with Crippen molar-refractivity contribution in [3.8, 4) is 0 Å². The molecular weight excluding hydrogens is 222 g/mol. The van der Waals surface area contributed by atoms with Gasteiger partial charge < -0.3 is 10.0 Å². The van der Waals surface area contributed by atoms with Gasteiger partial charge in [-0.15, -0.1) is 0 Å². The fourth-order valence-corrected chi connectivity index (χ4v) is 1.16. The average molecular weight is 234 g/mol. The molecule has 0 aliphatic heterocycles. The van der Waals surface area contributed by atoms with Gasteiger partial charge in [0, 0.05) is 6.54 Å². The summed E-state index contributed by atoms with van der Waals surface area (Å²) in [7, 11) is 0. The van der Waals surface area contributed by atoms with E-state index in [1.165, 1.54) is 17.3 Å². The lowest BCUT2D eigenvalue weighted by molar-refractivity contribution is -0.134. The van der Waals surface area contributed by atoms with E-state index in [4.69, 9.17) is 5.11 Å². The van der Waals surface area contributed by atoms with Crippen LogP contribution in [0.3, 0.4) is 0 Å². The van der Waals surface area contributed by atoms with Crippen molar-refractivity contribution in [2.45, 2.75) is 13.0 Å². The molecule has 0 spiro atoms. The lowest BCUT2D eigenvalue weighted by Crippen LogP contribution is -2.39. The van der Waals surface area contributed by atoms with Crippen molar-refractivity contribution in [3.05, 3.63) is 12.7 Å². The first-order valence-electron chi connectivity index (χ1n) is 4.62. The number of carbonyl (C=O) groups excluding carboxylic acids is 1. The molecule has 0 aliphatic rings. The summed E-state index contributed by atoms with van der Waals surface area (Å²) in [5, 5.41) is 12.3. The quantitative estimate of drug-likeness (QED) is 0.711. The van der Waals surface area contributed by atoms with E-state index >= 15 is 0 Å². The summed E-state index contributed by atoms with van der Waals surface area (Å²) in [5.74, 6) is -0.528. The standard InChI is InChI=1S/C8H12F2N4O2/c9-7(10)3-13(1-2-15)8(16)4-14-6-11-5-12-14/h5-7,15H,1-4H2. The number of carbonyl (C=O) groups is 1. The van der Waals surface area contributed by atoms with Gasteiger partial charge in [-0.25, -0.2) is 18.4 Å². The molecule has 0 saturated heterocycles. The molecule has 1 amide bonds. The molecule has 0 aromatic carbocycles. The Kier molecular flexibility index (Phi) is 4.77. The Morgan fingerprint density at radius 1 is 1.56 bits per heavy atom. The van der Waals surface area contributed by atoms with Crippen molar-refractivity contribution >= 4 is 5.91 Å². The van der Waals surface area contributed by atoms with Crippen molar-refractivity contribution in [2.24, 2.45) is 0 Å². The molecule has 1 rings (SSSR count). The Morgan fingerprint density at radius 3 is 2.81 bits per heavy atom. The number of aromatic nitrogens is 3. The van der Waals surface area contributed by atoms with Crippen molar-refractivity contribution in [2.75, 3.05) is 19.7 Å². The number of aliphatic hydroxyl groups is 1. The predicted molar refractivity (Wildman–Crippen MR) is 49.7 cm³/mol. The zero-order chi connectivity index (χ0) is 12.0. The molecular formula is C8H12F2N4O2. The molecule has 1 heterocycles. The smallest absolute Gasteiger partial charge is 0.255 e. The number of aliphatic hydroxyl groups excluding tert-OH is 1. The van der Waals surface area contributed by atoms with Crippen molar-refractivity contribution in [1.29, 1.82) is 0 Å². The Balaban J connectivity index is 2.53. The SMILES string of the molecule is O=C(Cn1cncn1)N(CCO)CC(F)F. The van der Waals surface area contributed by atoms with Crippen LogP contribution in [0.5, 0.6) is 0 Å². The van der Waals surface area contributed by atoms with E-state index in [9.17, 15) is 13.6 Å². The minimum absolute atomic E-state index is 0.113. The van der Waals surface area contributed by atoms with Gasteiger partial charge in [0.1, 0.15) is 19.2 Å². The second-order valence-corrected chi connectivity index (χ2v) is 3.05. The van der Waals surface area contributed by atoms with Gasteiger partial charge in [0.05, 0.1) is 13.2 Å². The van der Waals surface area contributed by atoms with Gasteiger partial charge in [-0.1, -0.05) is 0 Å². The molecule has 0 fully saturated rings. The normalized spacial score (nSPS) is 10.8. The highest BCUT2D eigenvalue weighted by Gasteiger charge is 2.18. The van der Waals surface area contributed by atoms with Gasteiger partial charge in [0.25, 0.3) is 6.43 Å². The van der Waals surface area contributed by atoms with Gasteiger partial charge in [-0.3, -0.25) is 4.79 Å². The largest absolute Gasteiger partial charge is 0.395 e. The lowest BCUT2D eigenvalue weighted by atomic mass is 10.4. The summed E-state index contributed by atoms with van der Waals surface area (Å²) >= 11 is 0. The Morgan fingerprint density at radius 2 is 2.31 bits per heavy atom. The maximum absolute atomic E-state index is 12.1. The maximum Gasteiger partial charge on any atom is 0.255 e. The molecule has 8 heteroatoms. The highest BCUT2D eigenvalue weighted by Crippen LogP contribution is 2.00. The zero-order valence-electron chi connectivity index (χ0n) is 8.46. The third-order valence-corrected chi connectivity index (χ3v) is 1.84. The number of alkyl halides is 2. The number of hydrogen-bond acceptors (Lipinski definition) is 4. The Labute approximate surface area is 90.5 Å². The molecule has 1 aromatic rings. The summed E-state index contributed by atoms with van der Waals surface area (Å²) in [4.78, 5) is 16.0. The molecule has 0 aliphatic carbocycles. The topological polar surface area (TPSA) is 71.2 Å². The first-order valence-corrected chi connectivity index (χ1v) is 4.62. The van der Waals surface area contributed by atoms with Crippen molar-refractivity contribution in [1.82, 2.24) is 19.7 Å². The number of hydrogen-bond donors (Lipinski definition) is 1. The van der Waals surface area contributed by atoms with Gasteiger partial charge in [0.15, 0.2) is 0 Å². The second-order valence-electron chi connectivity index (χ2n) is 3.05. The van der Waals surface area contributed by atoms with Gasteiger partial charge in [-0.2, -0.15) is 5.10 Å². The maximum atomic E-state index is 12.1. The fraction of sp³-hybridized carbons (Fsp3) is 0.625. The van der Waals surface area contributed by atoms with E-state index in [1.54, 1.807) is 0 Å². The Bertz CT molecular complexity index is 318. The van der Waals surface area contributed by atoms with E-state index in [0.717, 1.165) is 4.90 Å². The lowest BCUT2D eigenvalue weighted by Gasteiger charge is -2.20. The minimum Gasteiger partial charge on any atom is -0.395 e. The third kappa shape index (κ3) is 3.89. The predicted octanol–water partition coefficient (Wildman–Crippen LogP) is -0.636. The van der Waals surface area contributed by atoms with E-state index in [2.05, 4.69) is 10.1 Å². The molecule has 1 N–H and O–H groups in total. The molecule has 0 saturated carbocycles. The number of halogens is 2. The van der Waals surface area contributed by atoms with Crippen LogP contribution >= 0.6 is 0 Å². The van der Waals surface area contributed by atoms with Gasteiger partial charge in [0.2, 0.25) is 5.91 Å². The molecule has 0 bridgehead atoms. The molecule has 0 unspecified atom stereocenters.